The molecule has 8 nitrogen and oxygen atoms in total. The van der Waals surface area contributed by atoms with Crippen LogP contribution in [-0.4, -0.2) is 52.6 Å². The van der Waals surface area contributed by atoms with E-state index in [4.69, 9.17) is 21.1 Å². The van der Waals surface area contributed by atoms with Gasteiger partial charge in [-0.3, -0.25) is 19.1 Å². The summed E-state index contributed by atoms with van der Waals surface area (Å²) in [6.07, 6.45) is -3.36. The van der Waals surface area contributed by atoms with E-state index in [2.05, 4.69) is 5.10 Å². The van der Waals surface area contributed by atoms with Crippen molar-refractivity contribution in [2.24, 2.45) is 5.92 Å². The summed E-state index contributed by atoms with van der Waals surface area (Å²) >= 11 is 6.21. The van der Waals surface area contributed by atoms with E-state index in [0.29, 0.717) is 6.07 Å². The molecule has 0 aliphatic heterocycles. The van der Waals surface area contributed by atoms with Gasteiger partial charge in [-0.25, -0.2) is 8.78 Å². The lowest BCUT2D eigenvalue weighted by molar-refractivity contribution is -0.151. The van der Waals surface area contributed by atoms with Crippen LogP contribution >= 0.6 is 11.6 Å². The molecule has 0 radical (unpaired) electrons. The van der Waals surface area contributed by atoms with Crippen molar-refractivity contribution in [3.05, 3.63) is 81.6 Å². The van der Waals surface area contributed by atoms with Gasteiger partial charge in [0.2, 0.25) is 0 Å². The topological polar surface area (TPSA) is 90.7 Å². The first-order valence-electron chi connectivity index (χ1n) is 13.7. The molecule has 0 atom stereocenters. The highest BCUT2D eigenvalue weighted by Crippen LogP contribution is 2.39. The SMILES string of the molecule is CCOC(=O)[C@H]1CC[C@H](n2ncc(C(=O)N(CC(=O)c3c(Cl)cccc3OC)Cc3cc(F)cc(F)c3)c2C(F)(F)F)CC1. The summed E-state index contributed by atoms with van der Waals surface area (Å²) in [4.78, 5) is 40.1. The molecule has 0 saturated heterocycles. The highest BCUT2D eigenvalue weighted by atomic mass is 35.5. The third-order valence-corrected chi connectivity index (χ3v) is 7.66. The number of ether oxygens (including phenoxy) is 2. The average molecular weight is 642 g/mol. The van der Waals surface area contributed by atoms with Gasteiger partial charge in [-0.2, -0.15) is 18.3 Å². The zero-order chi connectivity index (χ0) is 32.2. The predicted octanol–water partition coefficient (Wildman–Crippen LogP) is 6.66. The number of hydrogen-bond acceptors (Lipinski definition) is 6. The summed E-state index contributed by atoms with van der Waals surface area (Å²) in [5.41, 5.74) is -2.40. The van der Waals surface area contributed by atoms with E-state index in [9.17, 15) is 36.3 Å². The van der Waals surface area contributed by atoms with Crippen molar-refractivity contribution < 1.29 is 45.8 Å². The quantitative estimate of drug-likeness (QED) is 0.140. The molecule has 0 bridgehead atoms. The van der Waals surface area contributed by atoms with E-state index in [1.165, 1.54) is 25.3 Å². The molecule has 44 heavy (non-hydrogen) atoms. The monoisotopic (exact) mass is 641 g/mol. The zero-order valence-electron chi connectivity index (χ0n) is 23.8. The van der Waals surface area contributed by atoms with Crippen molar-refractivity contribution in [3.63, 3.8) is 0 Å². The molecule has 1 amide bonds. The van der Waals surface area contributed by atoms with E-state index in [1.807, 2.05) is 0 Å². The summed E-state index contributed by atoms with van der Waals surface area (Å²) in [6.45, 7) is 0.434. The second-order valence-electron chi connectivity index (χ2n) is 10.3. The van der Waals surface area contributed by atoms with Gasteiger partial charge in [-0.05, 0) is 62.4 Å². The van der Waals surface area contributed by atoms with E-state index in [0.717, 1.165) is 27.9 Å². The first-order chi connectivity index (χ1) is 20.8. The summed E-state index contributed by atoms with van der Waals surface area (Å²) in [7, 11) is 1.28. The number of carbonyl (C=O) groups is 3. The van der Waals surface area contributed by atoms with Crippen LogP contribution < -0.4 is 4.74 Å². The summed E-state index contributed by atoms with van der Waals surface area (Å²) in [5, 5.41) is 3.89. The molecule has 14 heteroatoms. The number of carbonyl (C=O) groups excluding carboxylic acids is 3. The molecular formula is C30H29ClF5N3O5. The fourth-order valence-electron chi connectivity index (χ4n) is 5.38. The zero-order valence-corrected chi connectivity index (χ0v) is 24.6. The molecule has 1 fully saturated rings. The fourth-order valence-corrected chi connectivity index (χ4v) is 5.66. The fraction of sp³-hybridized carbons (Fsp3) is 0.400. The number of methoxy groups -OCH3 is 1. The van der Waals surface area contributed by atoms with Gasteiger partial charge < -0.3 is 14.4 Å². The Morgan fingerprint density at radius 3 is 2.32 bits per heavy atom. The van der Waals surface area contributed by atoms with E-state index >= 15 is 0 Å². The van der Waals surface area contributed by atoms with Gasteiger partial charge >= 0.3 is 12.1 Å². The Hall–Kier alpha value is -4.00. The molecule has 0 N–H and O–H groups in total. The Balaban J connectivity index is 1.70. The van der Waals surface area contributed by atoms with Crippen molar-refractivity contribution in [2.45, 2.75) is 51.4 Å². The van der Waals surface area contributed by atoms with Gasteiger partial charge in [0.05, 0.1) is 54.6 Å². The van der Waals surface area contributed by atoms with Crippen LogP contribution in [0, 0.1) is 17.6 Å². The first kappa shape index (κ1) is 32.9. The van der Waals surface area contributed by atoms with Gasteiger partial charge in [0.1, 0.15) is 17.4 Å². The molecule has 2 aromatic carbocycles. The molecule has 1 aliphatic carbocycles. The number of alkyl halides is 3. The molecule has 1 aromatic heterocycles. The lowest BCUT2D eigenvalue weighted by Crippen LogP contribution is -2.37. The second-order valence-corrected chi connectivity index (χ2v) is 10.7. The molecule has 0 unspecified atom stereocenters. The van der Waals surface area contributed by atoms with Crippen molar-refractivity contribution in [1.82, 2.24) is 14.7 Å². The number of hydrogen-bond donors (Lipinski definition) is 0. The molecular weight excluding hydrogens is 613 g/mol. The maximum atomic E-state index is 14.5. The van der Waals surface area contributed by atoms with Crippen LogP contribution in [0.5, 0.6) is 5.75 Å². The van der Waals surface area contributed by atoms with Crippen LogP contribution in [0.4, 0.5) is 22.0 Å². The summed E-state index contributed by atoms with van der Waals surface area (Å²) in [5.74, 6) is -4.78. The number of esters is 1. The van der Waals surface area contributed by atoms with Gasteiger partial charge in [-0.1, -0.05) is 17.7 Å². The highest BCUT2D eigenvalue weighted by molar-refractivity contribution is 6.34. The third kappa shape index (κ3) is 7.37. The highest BCUT2D eigenvalue weighted by Gasteiger charge is 2.43. The normalized spacial score (nSPS) is 16.8. The van der Waals surface area contributed by atoms with Crippen LogP contribution in [0.2, 0.25) is 5.02 Å². The maximum Gasteiger partial charge on any atom is 0.433 e. The minimum atomic E-state index is -5.04. The van der Waals surface area contributed by atoms with Gasteiger partial charge in [-0.15, -0.1) is 0 Å². The number of aromatic nitrogens is 2. The maximum absolute atomic E-state index is 14.5. The van der Waals surface area contributed by atoms with Crippen molar-refractivity contribution in [2.75, 3.05) is 20.3 Å². The molecule has 0 spiro atoms. The standard InChI is InChI=1S/C30H29ClF5N3O5/c1-3-44-29(42)18-7-9-21(10-8-18)39-27(30(34,35)36)22(14-37-39)28(41)38(15-17-11-19(32)13-20(33)12-17)16-24(40)26-23(31)5-4-6-25(26)43-2/h4-6,11-14,18,21H,3,7-10,15-16H2,1-2H3/t18-,21-. The van der Waals surface area contributed by atoms with Gasteiger partial charge in [0.15, 0.2) is 11.5 Å². The minimum absolute atomic E-state index is 0.0271. The molecule has 1 aliphatic rings. The Morgan fingerprint density at radius 2 is 1.73 bits per heavy atom. The Kier molecular flexibility index (Phi) is 10.3. The Bertz CT molecular complexity index is 1520. The number of nitrogens with zero attached hydrogens (tertiary/aromatic N) is 3. The number of Topliss-reactive ketones (excluding diaryl/α,β-unsaturated/α-hetero) is 1. The van der Waals surface area contributed by atoms with Crippen molar-refractivity contribution in [3.8, 4) is 5.75 Å². The van der Waals surface area contributed by atoms with Gasteiger partial charge in [0.25, 0.3) is 5.91 Å². The largest absolute Gasteiger partial charge is 0.496 e. The van der Waals surface area contributed by atoms with Gasteiger partial charge in [0, 0.05) is 12.6 Å². The predicted molar refractivity (Wildman–Crippen MR) is 148 cm³/mol. The van der Waals surface area contributed by atoms with Crippen LogP contribution in [-0.2, 0) is 22.3 Å². The Labute approximate surface area is 254 Å². The average Bonchev–Trinajstić information content (AvgIpc) is 3.42. The molecule has 1 heterocycles. The number of rotatable bonds is 10. The van der Waals surface area contributed by atoms with Crippen LogP contribution in [0.25, 0.3) is 0 Å². The third-order valence-electron chi connectivity index (χ3n) is 7.35. The van der Waals surface area contributed by atoms with Crippen LogP contribution in [0.15, 0.2) is 42.6 Å². The summed E-state index contributed by atoms with van der Waals surface area (Å²) in [6, 6.07) is 5.99. The van der Waals surface area contributed by atoms with Crippen molar-refractivity contribution >= 4 is 29.3 Å². The minimum Gasteiger partial charge on any atom is -0.496 e. The number of halogens is 6. The van der Waals surface area contributed by atoms with Crippen LogP contribution in [0.1, 0.15) is 70.6 Å². The Morgan fingerprint density at radius 1 is 1.07 bits per heavy atom. The first-order valence-corrected chi connectivity index (χ1v) is 14.1. The summed E-state index contributed by atoms with van der Waals surface area (Å²) < 4.78 is 82.5. The van der Waals surface area contributed by atoms with E-state index < -0.39 is 71.8 Å². The second kappa shape index (κ2) is 13.7. The molecule has 1 saturated carbocycles. The molecule has 4 rings (SSSR count). The number of amides is 1. The molecule has 236 valence electrons. The lowest BCUT2D eigenvalue weighted by atomic mass is 9.86. The van der Waals surface area contributed by atoms with E-state index in [1.54, 1.807) is 6.92 Å². The smallest absolute Gasteiger partial charge is 0.433 e. The number of ketones is 1. The van der Waals surface area contributed by atoms with Crippen LogP contribution in [0.3, 0.4) is 0 Å². The van der Waals surface area contributed by atoms with E-state index in [-0.39, 0.29) is 54.2 Å². The number of benzene rings is 2. The lowest BCUT2D eigenvalue weighted by Gasteiger charge is -2.29. The van der Waals surface area contributed by atoms with Crippen molar-refractivity contribution in [1.29, 1.82) is 0 Å². The molecule has 3 aromatic rings.